The van der Waals surface area contributed by atoms with Crippen molar-refractivity contribution >= 4 is 40.0 Å². The lowest BCUT2D eigenvalue weighted by atomic mass is 9.79. The van der Waals surface area contributed by atoms with E-state index in [9.17, 15) is 4.79 Å². The number of amides is 1. The predicted molar refractivity (Wildman–Crippen MR) is 166 cm³/mol. The average molecular weight is 595 g/mol. The molecule has 3 atom stereocenters. The van der Waals surface area contributed by atoms with Gasteiger partial charge in [-0.25, -0.2) is 9.98 Å². The van der Waals surface area contributed by atoms with Crippen molar-refractivity contribution in [3.05, 3.63) is 70.0 Å². The van der Waals surface area contributed by atoms with Crippen LogP contribution in [0.1, 0.15) is 60.0 Å². The van der Waals surface area contributed by atoms with Gasteiger partial charge in [0.1, 0.15) is 27.9 Å². The lowest BCUT2D eigenvalue weighted by Gasteiger charge is -2.45. The third kappa shape index (κ3) is 6.88. The Balaban J connectivity index is 1.36. The van der Waals surface area contributed by atoms with Crippen LogP contribution in [0.3, 0.4) is 0 Å². The minimum atomic E-state index is -0.631. The number of aliphatic imine (C=N–C) groups is 1. The second-order valence-electron chi connectivity index (χ2n) is 10.4. The topological polar surface area (TPSA) is 94.1 Å². The zero-order valence-corrected chi connectivity index (χ0v) is 25.5. The van der Waals surface area contributed by atoms with Gasteiger partial charge >= 0.3 is 0 Å². The summed E-state index contributed by atoms with van der Waals surface area (Å²) in [6, 6.07) is 15.0. The van der Waals surface area contributed by atoms with Gasteiger partial charge in [-0.05, 0) is 37.1 Å². The fraction of sp³-hybridized carbons (Fsp3) is 0.452. The van der Waals surface area contributed by atoms with Gasteiger partial charge < -0.3 is 24.8 Å². The van der Waals surface area contributed by atoms with Crippen molar-refractivity contribution in [3.63, 3.8) is 0 Å². The highest BCUT2D eigenvalue weighted by Gasteiger charge is 2.50. The summed E-state index contributed by atoms with van der Waals surface area (Å²) >= 11 is 3.21. The number of hydrogen-bond acceptors (Lipinski definition) is 9. The molecule has 2 aliphatic heterocycles. The lowest BCUT2D eigenvalue weighted by Crippen LogP contribution is -2.50. The first-order valence-corrected chi connectivity index (χ1v) is 16.0. The molecule has 3 aromatic rings. The third-order valence-corrected chi connectivity index (χ3v) is 9.74. The summed E-state index contributed by atoms with van der Waals surface area (Å²) in [6.07, 6.45) is 5.83. The van der Waals surface area contributed by atoms with Crippen molar-refractivity contribution in [2.24, 2.45) is 10.9 Å². The summed E-state index contributed by atoms with van der Waals surface area (Å²) in [5, 5.41) is 10.1. The van der Waals surface area contributed by atoms with Gasteiger partial charge in [0.05, 0.1) is 26.9 Å². The number of nitrogens with zero attached hydrogens (tertiary/aromatic N) is 2. The number of anilines is 1. The summed E-state index contributed by atoms with van der Waals surface area (Å²) < 4.78 is 17.4. The first-order chi connectivity index (χ1) is 20.0. The Morgan fingerprint density at radius 1 is 1.15 bits per heavy atom. The average Bonchev–Trinajstić information content (AvgIpc) is 3.50. The highest BCUT2D eigenvalue weighted by atomic mass is 32.2. The molecule has 1 fully saturated rings. The number of amidine groups is 1. The summed E-state index contributed by atoms with van der Waals surface area (Å²) in [7, 11) is 3.30. The molecule has 2 N–H and O–H groups in total. The number of rotatable bonds is 11. The fourth-order valence-corrected chi connectivity index (χ4v) is 7.48. The van der Waals surface area contributed by atoms with E-state index in [4.69, 9.17) is 24.2 Å². The van der Waals surface area contributed by atoms with E-state index in [2.05, 4.69) is 17.6 Å². The second-order valence-corrected chi connectivity index (χ2v) is 12.3. The molecular weight excluding hydrogens is 556 g/mol. The number of ether oxygens (including phenoxy) is 3. The van der Waals surface area contributed by atoms with Crippen LogP contribution < -0.4 is 20.1 Å². The zero-order valence-electron chi connectivity index (χ0n) is 23.9. The molecule has 41 heavy (non-hydrogen) atoms. The number of methoxy groups -OCH3 is 2. The molecule has 0 bridgehead atoms. The minimum absolute atomic E-state index is 0.158. The third-order valence-electron chi connectivity index (χ3n) is 7.70. The summed E-state index contributed by atoms with van der Waals surface area (Å²) in [5.74, 6) is 3.26. The van der Waals surface area contributed by atoms with Gasteiger partial charge in [-0.3, -0.25) is 4.79 Å². The van der Waals surface area contributed by atoms with Crippen molar-refractivity contribution in [1.82, 2.24) is 10.3 Å². The molecule has 1 amide bonds. The molecule has 2 aliphatic rings. The van der Waals surface area contributed by atoms with Crippen molar-refractivity contribution in [1.29, 1.82) is 0 Å². The summed E-state index contributed by atoms with van der Waals surface area (Å²) in [5.41, 5.74) is 0.985. The number of nitrogens with one attached hydrogen (secondary N) is 2. The number of hydrogen-bond donors (Lipinski definition) is 2. The van der Waals surface area contributed by atoms with Crippen molar-refractivity contribution in [3.8, 4) is 11.5 Å². The Morgan fingerprint density at radius 2 is 2.00 bits per heavy atom. The van der Waals surface area contributed by atoms with Gasteiger partial charge in [0.25, 0.3) is 5.91 Å². The maximum absolute atomic E-state index is 13.0. The van der Waals surface area contributed by atoms with Crippen molar-refractivity contribution < 1.29 is 19.0 Å². The molecule has 8 nitrogen and oxygen atoms in total. The SMILES string of the molecule is CCCCC[C@H]1C[C@H]2CSC(NC(=O)c3ccccc3)=N[C@@]2(c2nc(NCc3ccc(OC)cc3OC)cs2)CO1. The van der Waals surface area contributed by atoms with E-state index in [0.717, 1.165) is 46.5 Å². The number of carbonyl (C=O) groups excluding carboxylic acids is 1. The lowest BCUT2D eigenvalue weighted by molar-refractivity contribution is -0.0598. The Bertz CT molecular complexity index is 1350. The van der Waals surface area contributed by atoms with Gasteiger partial charge in [-0.15, -0.1) is 11.3 Å². The number of aromatic nitrogens is 1. The normalized spacial score (nSPS) is 21.9. The monoisotopic (exact) mass is 594 g/mol. The molecule has 0 unspecified atom stereocenters. The van der Waals surface area contributed by atoms with E-state index in [1.165, 1.54) is 19.3 Å². The van der Waals surface area contributed by atoms with Crippen LogP contribution >= 0.6 is 23.1 Å². The van der Waals surface area contributed by atoms with Crippen LogP contribution in [0, 0.1) is 5.92 Å². The molecule has 0 radical (unpaired) electrons. The summed E-state index contributed by atoms with van der Waals surface area (Å²) in [4.78, 5) is 23.2. The maximum atomic E-state index is 13.0. The zero-order chi connectivity index (χ0) is 28.7. The van der Waals surface area contributed by atoms with E-state index in [1.807, 2.05) is 53.9 Å². The molecule has 3 heterocycles. The van der Waals surface area contributed by atoms with Gasteiger partial charge in [0.15, 0.2) is 5.17 Å². The quantitative estimate of drug-likeness (QED) is 0.245. The van der Waals surface area contributed by atoms with Gasteiger partial charge in [-0.2, -0.15) is 0 Å². The largest absolute Gasteiger partial charge is 0.497 e. The van der Waals surface area contributed by atoms with Crippen LogP contribution in [0.5, 0.6) is 11.5 Å². The fourth-order valence-electron chi connectivity index (χ4n) is 5.33. The molecule has 1 aromatic heterocycles. The van der Waals surface area contributed by atoms with Gasteiger partial charge in [-0.1, -0.05) is 56.1 Å². The molecule has 5 rings (SSSR count). The van der Waals surface area contributed by atoms with E-state index in [0.29, 0.717) is 23.9 Å². The molecular formula is C31H38N4O4S2. The van der Waals surface area contributed by atoms with Gasteiger partial charge in [0, 0.05) is 40.8 Å². The van der Waals surface area contributed by atoms with E-state index in [-0.39, 0.29) is 17.9 Å². The first-order valence-electron chi connectivity index (χ1n) is 14.2. The Labute approximate surface area is 250 Å². The molecule has 0 aliphatic carbocycles. The number of fused-ring (bicyclic) bond motifs is 1. The molecule has 218 valence electrons. The van der Waals surface area contributed by atoms with Crippen LogP contribution in [0.4, 0.5) is 5.82 Å². The van der Waals surface area contributed by atoms with E-state index >= 15 is 0 Å². The molecule has 10 heteroatoms. The van der Waals surface area contributed by atoms with Crippen LogP contribution in [-0.2, 0) is 16.8 Å². The smallest absolute Gasteiger partial charge is 0.257 e. The van der Waals surface area contributed by atoms with Crippen LogP contribution in [-0.4, -0.2) is 48.7 Å². The number of thioether (sulfide) groups is 1. The highest BCUT2D eigenvalue weighted by Crippen LogP contribution is 2.48. The van der Waals surface area contributed by atoms with Gasteiger partial charge in [0.2, 0.25) is 0 Å². The van der Waals surface area contributed by atoms with Crippen LogP contribution in [0.2, 0.25) is 0 Å². The Hall–Kier alpha value is -3.08. The first kappa shape index (κ1) is 29.4. The number of benzene rings is 2. The Morgan fingerprint density at radius 3 is 2.78 bits per heavy atom. The molecule has 0 saturated carbocycles. The summed E-state index contributed by atoms with van der Waals surface area (Å²) in [6.45, 7) is 3.24. The number of carbonyl (C=O) groups is 1. The van der Waals surface area contributed by atoms with E-state index < -0.39 is 5.54 Å². The minimum Gasteiger partial charge on any atom is -0.497 e. The van der Waals surface area contributed by atoms with E-state index in [1.54, 1.807) is 37.3 Å². The predicted octanol–water partition coefficient (Wildman–Crippen LogP) is 6.49. The van der Waals surface area contributed by atoms with Crippen molar-refractivity contribution in [2.75, 3.05) is 31.9 Å². The standard InChI is InChI=1S/C31H38N4O4S2/c1-4-5-7-12-25-15-23-18-41-30(34-28(36)21-10-8-6-9-11-21)35-31(23,20-39-25)29-33-27(19-40-29)32-17-22-13-14-24(37-2)16-26(22)38-3/h6,8-11,13-14,16,19,23,25,32H,4-5,7,12,15,17-18,20H2,1-3H3,(H,34,35,36)/t23-,25-,31-/m0/s1. The van der Waals surface area contributed by atoms with Crippen LogP contribution in [0.25, 0.3) is 0 Å². The maximum Gasteiger partial charge on any atom is 0.257 e. The Kier molecular flexibility index (Phi) is 9.84. The van der Waals surface area contributed by atoms with Crippen LogP contribution in [0.15, 0.2) is 58.9 Å². The molecule has 1 saturated heterocycles. The van der Waals surface area contributed by atoms with Crippen molar-refractivity contribution in [2.45, 2.75) is 57.2 Å². The number of unbranched alkanes of at least 4 members (excludes halogenated alkanes) is 2. The molecule has 0 spiro atoms. The molecule has 2 aromatic carbocycles. The number of thiazole rings is 1. The second kappa shape index (κ2) is 13.7. The highest BCUT2D eigenvalue weighted by molar-refractivity contribution is 8.13.